The first-order valence-corrected chi connectivity index (χ1v) is 6.80. The van der Waals surface area contributed by atoms with Gasteiger partial charge in [0.25, 0.3) is 0 Å². The summed E-state index contributed by atoms with van der Waals surface area (Å²) in [4.78, 5) is 16.1. The molecule has 17 heavy (non-hydrogen) atoms. The SMILES string of the molecule is CC1CCCN(CC(=O)N(C)CCCN)CC1. The number of hydrogen-bond acceptors (Lipinski definition) is 3. The fourth-order valence-electron chi connectivity index (χ4n) is 2.25. The molecule has 4 heteroatoms. The molecule has 1 atom stereocenters. The number of carbonyl (C=O) groups is 1. The summed E-state index contributed by atoms with van der Waals surface area (Å²) in [5.41, 5.74) is 5.45. The van der Waals surface area contributed by atoms with E-state index in [0.717, 1.165) is 32.0 Å². The van der Waals surface area contributed by atoms with Crippen molar-refractivity contribution in [3.8, 4) is 0 Å². The van der Waals surface area contributed by atoms with Gasteiger partial charge in [0.05, 0.1) is 6.54 Å². The Kier molecular flexibility index (Phi) is 6.52. The topological polar surface area (TPSA) is 49.6 Å². The molecule has 100 valence electrons. The first-order valence-electron chi connectivity index (χ1n) is 6.80. The number of carbonyl (C=O) groups excluding carboxylic acids is 1. The third-order valence-electron chi connectivity index (χ3n) is 3.59. The Labute approximate surface area is 105 Å². The van der Waals surface area contributed by atoms with Gasteiger partial charge < -0.3 is 10.6 Å². The van der Waals surface area contributed by atoms with Crippen molar-refractivity contribution in [3.63, 3.8) is 0 Å². The van der Waals surface area contributed by atoms with Crippen LogP contribution in [0.3, 0.4) is 0 Å². The normalized spacial score (nSPS) is 22.2. The average molecular weight is 241 g/mol. The minimum Gasteiger partial charge on any atom is -0.345 e. The molecule has 1 aliphatic heterocycles. The van der Waals surface area contributed by atoms with Gasteiger partial charge in [-0.1, -0.05) is 6.92 Å². The summed E-state index contributed by atoms with van der Waals surface area (Å²) in [6, 6.07) is 0. The molecule has 1 heterocycles. The lowest BCUT2D eigenvalue weighted by Crippen LogP contribution is -2.39. The molecule has 0 spiro atoms. The van der Waals surface area contributed by atoms with E-state index in [9.17, 15) is 4.79 Å². The third-order valence-corrected chi connectivity index (χ3v) is 3.59. The number of nitrogens with two attached hydrogens (primary N) is 1. The second-order valence-electron chi connectivity index (χ2n) is 5.27. The minimum atomic E-state index is 0.230. The molecule has 0 aromatic rings. The number of nitrogens with zero attached hydrogens (tertiary/aromatic N) is 2. The van der Waals surface area contributed by atoms with E-state index in [1.807, 2.05) is 7.05 Å². The van der Waals surface area contributed by atoms with Crippen LogP contribution in [-0.4, -0.2) is 55.5 Å². The zero-order valence-electron chi connectivity index (χ0n) is 11.3. The summed E-state index contributed by atoms with van der Waals surface area (Å²) in [6.45, 7) is 6.45. The van der Waals surface area contributed by atoms with Crippen LogP contribution >= 0.6 is 0 Å². The first-order chi connectivity index (χ1) is 8.13. The lowest BCUT2D eigenvalue weighted by molar-refractivity contribution is -0.131. The maximum absolute atomic E-state index is 12.0. The predicted octanol–water partition coefficient (Wildman–Crippen LogP) is 0.916. The Morgan fingerprint density at radius 3 is 2.88 bits per heavy atom. The van der Waals surface area contributed by atoms with Crippen LogP contribution in [0.1, 0.15) is 32.6 Å². The van der Waals surface area contributed by atoms with Crippen molar-refractivity contribution in [1.82, 2.24) is 9.80 Å². The summed E-state index contributed by atoms with van der Waals surface area (Å²) < 4.78 is 0. The van der Waals surface area contributed by atoms with Crippen molar-refractivity contribution in [2.24, 2.45) is 11.7 Å². The summed E-state index contributed by atoms with van der Waals surface area (Å²) in [7, 11) is 1.87. The Morgan fingerprint density at radius 1 is 1.41 bits per heavy atom. The number of rotatable bonds is 5. The van der Waals surface area contributed by atoms with Crippen LogP contribution < -0.4 is 5.73 Å². The van der Waals surface area contributed by atoms with Crippen LogP contribution in [0.4, 0.5) is 0 Å². The van der Waals surface area contributed by atoms with E-state index in [0.29, 0.717) is 13.1 Å². The lowest BCUT2D eigenvalue weighted by Gasteiger charge is -2.23. The van der Waals surface area contributed by atoms with Crippen LogP contribution in [0, 0.1) is 5.92 Å². The Balaban J connectivity index is 2.29. The van der Waals surface area contributed by atoms with Gasteiger partial charge >= 0.3 is 0 Å². The molecule has 0 bridgehead atoms. The molecule has 4 nitrogen and oxygen atoms in total. The van der Waals surface area contributed by atoms with E-state index < -0.39 is 0 Å². The zero-order valence-corrected chi connectivity index (χ0v) is 11.3. The molecule has 1 fully saturated rings. The van der Waals surface area contributed by atoms with E-state index in [2.05, 4.69) is 11.8 Å². The molecule has 0 aromatic heterocycles. The quantitative estimate of drug-likeness (QED) is 0.778. The highest BCUT2D eigenvalue weighted by atomic mass is 16.2. The van der Waals surface area contributed by atoms with E-state index in [1.54, 1.807) is 4.90 Å². The second kappa shape index (κ2) is 7.67. The van der Waals surface area contributed by atoms with Gasteiger partial charge in [0, 0.05) is 13.6 Å². The zero-order chi connectivity index (χ0) is 12.7. The Bertz CT molecular complexity index is 233. The van der Waals surface area contributed by atoms with Gasteiger partial charge in [-0.3, -0.25) is 9.69 Å². The van der Waals surface area contributed by atoms with Crippen LogP contribution in [0.25, 0.3) is 0 Å². The molecule has 1 saturated heterocycles. The fraction of sp³-hybridized carbons (Fsp3) is 0.923. The summed E-state index contributed by atoms with van der Waals surface area (Å²) >= 11 is 0. The van der Waals surface area contributed by atoms with E-state index in [1.165, 1.54) is 19.3 Å². The van der Waals surface area contributed by atoms with Crippen molar-refractivity contribution in [2.75, 3.05) is 39.8 Å². The second-order valence-corrected chi connectivity index (χ2v) is 5.27. The Hall–Kier alpha value is -0.610. The first kappa shape index (κ1) is 14.5. The maximum Gasteiger partial charge on any atom is 0.236 e. The predicted molar refractivity (Wildman–Crippen MR) is 70.8 cm³/mol. The van der Waals surface area contributed by atoms with Gasteiger partial charge in [0.2, 0.25) is 5.91 Å². The summed E-state index contributed by atoms with van der Waals surface area (Å²) in [6.07, 6.45) is 4.63. The van der Waals surface area contributed by atoms with E-state index in [4.69, 9.17) is 5.73 Å². The maximum atomic E-state index is 12.0. The highest BCUT2D eigenvalue weighted by molar-refractivity contribution is 5.77. The lowest BCUT2D eigenvalue weighted by atomic mass is 10.0. The molecule has 0 aromatic carbocycles. The van der Waals surface area contributed by atoms with Crippen molar-refractivity contribution in [2.45, 2.75) is 32.6 Å². The number of amides is 1. The molecule has 0 saturated carbocycles. The van der Waals surface area contributed by atoms with Crippen LogP contribution in [0.5, 0.6) is 0 Å². The molecule has 2 N–H and O–H groups in total. The molecular formula is C13H27N3O. The van der Waals surface area contributed by atoms with Gasteiger partial charge in [0.15, 0.2) is 0 Å². The summed E-state index contributed by atoms with van der Waals surface area (Å²) in [5, 5.41) is 0. The number of likely N-dealkylation sites (tertiary alicyclic amines) is 1. The van der Waals surface area contributed by atoms with Gasteiger partial charge in [-0.05, 0) is 51.2 Å². The van der Waals surface area contributed by atoms with Crippen LogP contribution in [0.15, 0.2) is 0 Å². The van der Waals surface area contributed by atoms with Crippen molar-refractivity contribution < 1.29 is 4.79 Å². The molecule has 0 radical (unpaired) electrons. The third kappa shape index (κ3) is 5.50. The van der Waals surface area contributed by atoms with Crippen LogP contribution in [0.2, 0.25) is 0 Å². The van der Waals surface area contributed by atoms with Gasteiger partial charge in [-0.2, -0.15) is 0 Å². The Morgan fingerprint density at radius 2 is 2.18 bits per heavy atom. The van der Waals surface area contributed by atoms with E-state index in [-0.39, 0.29) is 5.91 Å². The molecule has 0 aliphatic carbocycles. The van der Waals surface area contributed by atoms with Gasteiger partial charge in [0.1, 0.15) is 0 Å². The smallest absolute Gasteiger partial charge is 0.236 e. The minimum absolute atomic E-state index is 0.230. The highest BCUT2D eigenvalue weighted by Crippen LogP contribution is 2.16. The van der Waals surface area contributed by atoms with E-state index >= 15 is 0 Å². The number of likely N-dealkylation sites (N-methyl/N-ethyl adjacent to an activating group) is 1. The molecule has 1 unspecified atom stereocenters. The molecular weight excluding hydrogens is 214 g/mol. The van der Waals surface area contributed by atoms with Gasteiger partial charge in [-0.25, -0.2) is 0 Å². The molecule has 1 amide bonds. The van der Waals surface area contributed by atoms with Crippen molar-refractivity contribution in [1.29, 1.82) is 0 Å². The molecule has 1 rings (SSSR count). The van der Waals surface area contributed by atoms with Crippen molar-refractivity contribution in [3.05, 3.63) is 0 Å². The fourth-order valence-corrected chi connectivity index (χ4v) is 2.25. The van der Waals surface area contributed by atoms with Crippen LogP contribution in [-0.2, 0) is 4.79 Å². The number of hydrogen-bond donors (Lipinski definition) is 1. The van der Waals surface area contributed by atoms with Gasteiger partial charge in [-0.15, -0.1) is 0 Å². The summed E-state index contributed by atoms with van der Waals surface area (Å²) in [5.74, 6) is 1.04. The van der Waals surface area contributed by atoms with Crippen molar-refractivity contribution >= 4 is 5.91 Å². The average Bonchev–Trinajstić information content (AvgIpc) is 2.51. The molecule has 1 aliphatic rings. The monoisotopic (exact) mass is 241 g/mol. The largest absolute Gasteiger partial charge is 0.345 e. The highest BCUT2D eigenvalue weighted by Gasteiger charge is 2.17. The standard InChI is InChI=1S/C13H27N3O/c1-12-5-3-9-16(10-6-12)11-13(17)15(2)8-4-7-14/h12H,3-11,14H2,1-2H3.